The fourth-order valence-corrected chi connectivity index (χ4v) is 2.01. The molecule has 0 radical (unpaired) electrons. The molecule has 0 bridgehead atoms. The van der Waals surface area contributed by atoms with Crippen LogP contribution in [0.1, 0.15) is 44.2 Å². The highest BCUT2D eigenvalue weighted by Crippen LogP contribution is 2.38. The van der Waals surface area contributed by atoms with Gasteiger partial charge in [0.2, 0.25) is 0 Å². The summed E-state index contributed by atoms with van der Waals surface area (Å²) in [6.45, 7) is 2.15. The van der Waals surface area contributed by atoms with Crippen molar-refractivity contribution in [2.45, 2.75) is 38.6 Å². The number of unbranched alkanes of at least 4 members (excludes halogenated alkanes) is 2. The van der Waals surface area contributed by atoms with Crippen molar-refractivity contribution in [3.8, 4) is 17.2 Å². The fourth-order valence-electron chi connectivity index (χ4n) is 2.01. The highest BCUT2D eigenvalue weighted by molar-refractivity contribution is 5.85. The number of ether oxygens (including phenoxy) is 2. The molecule has 4 nitrogen and oxygen atoms in total. The Bertz CT molecular complexity index is 385. The Kier molecular flexibility index (Phi) is 8.35. The van der Waals surface area contributed by atoms with Crippen LogP contribution < -0.4 is 15.2 Å². The van der Waals surface area contributed by atoms with Crippen LogP contribution in [-0.2, 0) is 0 Å². The lowest BCUT2D eigenvalue weighted by Crippen LogP contribution is -2.12. The molecule has 0 amide bonds. The van der Waals surface area contributed by atoms with Crippen molar-refractivity contribution in [3.63, 3.8) is 0 Å². The molecule has 0 unspecified atom stereocenters. The van der Waals surface area contributed by atoms with E-state index in [4.69, 9.17) is 15.2 Å². The number of benzene rings is 1. The molecular weight excluding hydrogens is 266 g/mol. The summed E-state index contributed by atoms with van der Waals surface area (Å²) in [4.78, 5) is 0. The first-order chi connectivity index (χ1) is 8.63. The first kappa shape index (κ1) is 17.9. The first-order valence-corrected chi connectivity index (χ1v) is 6.34. The van der Waals surface area contributed by atoms with Crippen molar-refractivity contribution in [1.29, 1.82) is 0 Å². The molecule has 1 aromatic carbocycles. The predicted molar refractivity (Wildman–Crippen MR) is 79.5 cm³/mol. The predicted octanol–water partition coefficient (Wildman–Crippen LogP) is 3.41. The van der Waals surface area contributed by atoms with E-state index >= 15 is 0 Å². The molecule has 0 saturated heterocycles. The highest BCUT2D eigenvalue weighted by atomic mass is 35.5. The van der Waals surface area contributed by atoms with E-state index in [9.17, 15) is 5.11 Å². The maximum Gasteiger partial charge on any atom is 0.131 e. The number of aromatic hydroxyl groups is 1. The second kappa shape index (κ2) is 8.88. The third-order valence-electron chi connectivity index (χ3n) is 3.04. The molecule has 1 rings (SSSR count). The van der Waals surface area contributed by atoms with Gasteiger partial charge < -0.3 is 20.3 Å². The fraction of sp³-hybridized carbons (Fsp3) is 0.571. The van der Waals surface area contributed by atoms with E-state index in [1.54, 1.807) is 26.4 Å². The van der Waals surface area contributed by atoms with Crippen LogP contribution in [0.5, 0.6) is 17.2 Å². The smallest absolute Gasteiger partial charge is 0.131 e. The summed E-state index contributed by atoms with van der Waals surface area (Å²) in [5.74, 6) is 1.28. The minimum Gasteiger partial charge on any atom is -0.507 e. The Morgan fingerprint density at radius 3 is 2.42 bits per heavy atom. The monoisotopic (exact) mass is 289 g/mol. The molecular formula is C14H24ClNO3. The maximum atomic E-state index is 10.0. The van der Waals surface area contributed by atoms with Gasteiger partial charge in [0, 0.05) is 18.2 Å². The summed E-state index contributed by atoms with van der Waals surface area (Å²) in [5, 5.41) is 10.0. The lowest BCUT2D eigenvalue weighted by Gasteiger charge is -2.18. The number of methoxy groups -OCH3 is 2. The molecule has 1 atom stereocenters. The summed E-state index contributed by atoms with van der Waals surface area (Å²) in [5.41, 5.74) is 6.79. The lowest BCUT2D eigenvalue weighted by molar-refractivity contribution is 0.372. The van der Waals surface area contributed by atoms with Crippen molar-refractivity contribution in [3.05, 3.63) is 17.7 Å². The van der Waals surface area contributed by atoms with E-state index < -0.39 is 0 Å². The summed E-state index contributed by atoms with van der Waals surface area (Å²) in [6, 6.07) is 3.10. The van der Waals surface area contributed by atoms with Crippen LogP contribution >= 0.6 is 12.4 Å². The molecule has 110 valence electrons. The van der Waals surface area contributed by atoms with Gasteiger partial charge >= 0.3 is 0 Å². The van der Waals surface area contributed by atoms with Crippen LogP contribution in [0, 0.1) is 0 Å². The third kappa shape index (κ3) is 4.80. The van der Waals surface area contributed by atoms with Crippen LogP contribution in [0.25, 0.3) is 0 Å². The van der Waals surface area contributed by atoms with Gasteiger partial charge in [0.15, 0.2) is 0 Å². The van der Waals surface area contributed by atoms with E-state index in [2.05, 4.69) is 6.92 Å². The van der Waals surface area contributed by atoms with Gasteiger partial charge in [-0.2, -0.15) is 0 Å². The molecule has 19 heavy (non-hydrogen) atoms. The maximum absolute atomic E-state index is 10.0. The molecule has 3 N–H and O–H groups in total. The zero-order valence-corrected chi connectivity index (χ0v) is 12.6. The Morgan fingerprint density at radius 2 is 1.89 bits per heavy atom. The minimum absolute atomic E-state index is 0. The molecule has 0 aliphatic carbocycles. The molecule has 0 saturated carbocycles. The molecule has 0 aliphatic heterocycles. The van der Waals surface area contributed by atoms with Crippen molar-refractivity contribution < 1.29 is 14.6 Å². The minimum atomic E-state index is -0.211. The second-order valence-electron chi connectivity index (χ2n) is 4.36. The van der Waals surface area contributed by atoms with Crippen LogP contribution in [0.15, 0.2) is 12.1 Å². The summed E-state index contributed by atoms with van der Waals surface area (Å²) in [7, 11) is 3.12. The Morgan fingerprint density at radius 1 is 1.21 bits per heavy atom. The van der Waals surface area contributed by atoms with Gasteiger partial charge in [0.05, 0.1) is 19.8 Å². The number of nitrogens with two attached hydrogens (primary N) is 1. The number of hydrogen-bond acceptors (Lipinski definition) is 4. The van der Waals surface area contributed by atoms with Crippen molar-refractivity contribution in [2.75, 3.05) is 14.2 Å². The summed E-state index contributed by atoms with van der Waals surface area (Å²) in [6.07, 6.45) is 4.18. The number of phenols is 1. The van der Waals surface area contributed by atoms with E-state index in [1.165, 1.54) is 0 Å². The number of phenolic OH excluding ortho intramolecular Hbond substituents is 1. The SMILES string of the molecule is CCCCC[C@H](N)c1c(O)cc(OC)cc1OC.Cl. The van der Waals surface area contributed by atoms with E-state index in [-0.39, 0.29) is 24.2 Å². The molecule has 0 heterocycles. The largest absolute Gasteiger partial charge is 0.507 e. The number of hydrogen-bond donors (Lipinski definition) is 2. The number of halogens is 1. The summed E-state index contributed by atoms with van der Waals surface area (Å²) >= 11 is 0. The van der Waals surface area contributed by atoms with Gasteiger partial charge in [0.1, 0.15) is 17.2 Å². The van der Waals surface area contributed by atoms with Crippen molar-refractivity contribution >= 4 is 12.4 Å². The Balaban J connectivity index is 0.00000324. The lowest BCUT2D eigenvalue weighted by atomic mass is 9.99. The van der Waals surface area contributed by atoms with Crippen LogP contribution in [0.2, 0.25) is 0 Å². The average molecular weight is 290 g/mol. The number of rotatable bonds is 7. The van der Waals surface area contributed by atoms with Crippen LogP contribution in [-0.4, -0.2) is 19.3 Å². The molecule has 0 aromatic heterocycles. The van der Waals surface area contributed by atoms with Gasteiger partial charge in [-0.05, 0) is 6.42 Å². The zero-order chi connectivity index (χ0) is 13.5. The topological polar surface area (TPSA) is 64.7 Å². The molecule has 0 spiro atoms. The van der Waals surface area contributed by atoms with E-state index in [1.807, 2.05) is 0 Å². The van der Waals surface area contributed by atoms with Gasteiger partial charge in [-0.3, -0.25) is 0 Å². The first-order valence-electron chi connectivity index (χ1n) is 6.34. The molecule has 1 aromatic rings. The van der Waals surface area contributed by atoms with Crippen LogP contribution in [0.3, 0.4) is 0 Å². The molecule has 0 fully saturated rings. The average Bonchev–Trinajstić information content (AvgIpc) is 2.37. The second-order valence-corrected chi connectivity index (χ2v) is 4.36. The Labute approximate surface area is 121 Å². The van der Waals surface area contributed by atoms with Gasteiger partial charge in [0.25, 0.3) is 0 Å². The van der Waals surface area contributed by atoms with E-state index in [0.29, 0.717) is 17.1 Å². The third-order valence-corrected chi connectivity index (χ3v) is 3.04. The van der Waals surface area contributed by atoms with Gasteiger partial charge in [-0.25, -0.2) is 0 Å². The zero-order valence-electron chi connectivity index (χ0n) is 11.8. The highest BCUT2D eigenvalue weighted by Gasteiger charge is 2.18. The molecule has 5 heteroatoms. The summed E-state index contributed by atoms with van der Waals surface area (Å²) < 4.78 is 10.4. The van der Waals surface area contributed by atoms with Crippen LogP contribution in [0.4, 0.5) is 0 Å². The van der Waals surface area contributed by atoms with Gasteiger partial charge in [-0.15, -0.1) is 12.4 Å². The van der Waals surface area contributed by atoms with Crippen molar-refractivity contribution in [2.24, 2.45) is 5.73 Å². The normalized spacial score (nSPS) is 11.6. The van der Waals surface area contributed by atoms with Gasteiger partial charge in [-0.1, -0.05) is 26.2 Å². The van der Waals surface area contributed by atoms with Crippen molar-refractivity contribution in [1.82, 2.24) is 0 Å². The van der Waals surface area contributed by atoms with E-state index in [0.717, 1.165) is 25.7 Å². The Hall–Kier alpha value is -1.13. The standard InChI is InChI=1S/C14H23NO3.ClH/c1-4-5-6-7-11(15)14-12(16)8-10(17-2)9-13(14)18-3;/h8-9,11,16H,4-7,15H2,1-3H3;1H/t11-;/m0./s1. The quantitative estimate of drug-likeness (QED) is 0.755. The molecule has 0 aliphatic rings.